The van der Waals surface area contributed by atoms with Crippen molar-refractivity contribution in [3.63, 3.8) is 0 Å². The molecule has 2 aromatic heterocycles. The van der Waals surface area contributed by atoms with Crippen molar-refractivity contribution < 1.29 is 9.26 Å². The molecule has 1 aromatic carbocycles. The molecule has 0 aliphatic carbocycles. The van der Waals surface area contributed by atoms with Gasteiger partial charge in [0.2, 0.25) is 0 Å². The van der Waals surface area contributed by atoms with Crippen molar-refractivity contribution in [3.05, 3.63) is 40.6 Å². The molecule has 0 aliphatic heterocycles. The average Bonchev–Trinajstić information content (AvgIpc) is 3.04. The molecule has 2 heterocycles. The maximum Gasteiger partial charge on any atom is 0.178 e. The van der Waals surface area contributed by atoms with Crippen LogP contribution in [0.15, 0.2) is 39.5 Å². The maximum atomic E-state index is 6.00. The summed E-state index contributed by atoms with van der Waals surface area (Å²) in [5.74, 6) is 1.80. The van der Waals surface area contributed by atoms with Crippen LogP contribution in [0, 0.1) is 6.92 Å². The van der Waals surface area contributed by atoms with E-state index in [4.69, 9.17) is 15.0 Å². The first kappa shape index (κ1) is 12.7. The van der Waals surface area contributed by atoms with Crippen molar-refractivity contribution in [3.8, 4) is 28.2 Å². The fraction of sp³-hybridized carbons (Fsp3) is 0.133. The Kier molecular flexibility index (Phi) is 3.20. The lowest BCUT2D eigenvalue weighted by molar-refractivity contribution is 0.416. The zero-order chi connectivity index (χ0) is 14.1. The van der Waals surface area contributed by atoms with Gasteiger partial charge in [0.1, 0.15) is 5.75 Å². The first-order valence-corrected chi connectivity index (χ1v) is 7.08. The Hall–Kier alpha value is -2.27. The van der Waals surface area contributed by atoms with E-state index in [1.54, 1.807) is 18.4 Å². The Morgan fingerprint density at radius 2 is 2.00 bits per heavy atom. The third-order valence-corrected chi connectivity index (χ3v) is 4.06. The summed E-state index contributed by atoms with van der Waals surface area (Å²) in [4.78, 5) is 0. The number of ether oxygens (including phenoxy) is 1. The number of nitrogen functional groups attached to an aromatic ring is 1. The third-order valence-electron chi connectivity index (χ3n) is 3.19. The lowest BCUT2D eigenvalue weighted by Gasteiger charge is -2.08. The van der Waals surface area contributed by atoms with Crippen LogP contribution in [0.1, 0.15) is 5.56 Å². The monoisotopic (exact) mass is 286 g/mol. The number of para-hydroxylation sites is 1. The predicted octanol–water partition coefficient (Wildman–Crippen LogP) is 3.97. The summed E-state index contributed by atoms with van der Waals surface area (Å²) in [5, 5.41) is 8.02. The van der Waals surface area contributed by atoms with Crippen LogP contribution in [0.25, 0.3) is 22.5 Å². The van der Waals surface area contributed by atoms with E-state index in [0.717, 1.165) is 28.0 Å². The number of thiophene rings is 1. The molecule has 2 N–H and O–H groups in total. The molecule has 0 unspecified atom stereocenters. The van der Waals surface area contributed by atoms with E-state index in [1.807, 2.05) is 36.6 Å². The fourth-order valence-electron chi connectivity index (χ4n) is 2.19. The van der Waals surface area contributed by atoms with Crippen molar-refractivity contribution in [2.24, 2.45) is 0 Å². The van der Waals surface area contributed by atoms with E-state index in [1.165, 1.54) is 0 Å². The molecule has 0 aliphatic rings. The molecule has 4 nitrogen and oxygen atoms in total. The van der Waals surface area contributed by atoms with E-state index < -0.39 is 0 Å². The summed E-state index contributed by atoms with van der Waals surface area (Å²) < 4.78 is 10.9. The molecule has 102 valence electrons. The van der Waals surface area contributed by atoms with Crippen molar-refractivity contribution in [1.29, 1.82) is 0 Å². The molecule has 20 heavy (non-hydrogen) atoms. The molecule has 0 bridgehead atoms. The Morgan fingerprint density at radius 3 is 2.70 bits per heavy atom. The molecule has 0 fully saturated rings. The van der Waals surface area contributed by atoms with Gasteiger partial charge in [-0.05, 0) is 23.9 Å². The molecular formula is C15H14N2O2S. The molecule has 0 amide bonds. The van der Waals surface area contributed by atoms with Gasteiger partial charge < -0.3 is 15.0 Å². The standard InChI is InChI=1S/C15H14N2O2S/c1-9-7-20-8-11(9)14-13(15(16)17-19-14)10-5-3-4-6-12(10)18-2/h3-8H,1-2H3,(H2,16,17). The van der Waals surface area contributed by atoms with Gasteiger partial charge in [-0.15, -0.1) is 0 Å². The molecule has 0 atom stereocenters. The normalized spacial score (nSPS) is 10.7. The lowest BCUT2D eigenvalue weighted by atomic mass is 10.0. The highest BCUT2D eigenvalue weighted by Crippen LogP contribution is 2.42. The van der Waals surface area contributed by atoms with Gasteiger partial charge in [0.05, 0.1) is 12.7 Å². The number of rotatable bonds is 3. The quantitative estimate of drug-likeness (QED) is 0.791. The molecule has 3 rings (SSSR count). The first-order valence-electron chi connectivity index (χ1n) is 6.14. The minimum absolute atomic E-state index is 0.370. The van der Waals surface area contributed by atoms with Crippen LogP contribution in [-0.4, -0.2) is 12.3 Å². The van der Waals surface area contributed by atoms with E-state index in [-0.39, 0.29) is 0 Å². The van der Waals surface area contributed by atoms with Crippen LogP contribution in [0.4, 0.5) is 5.82 Å². The van der Waals surface area contributed by atoms with E-state index >= 15 is 0 Å². The van der Waals surface area contributed by atoms with Crippen LogP contribution in [0.2, 0.25) is 0 Å². The second-order valence-electron chi connectivity index (χ2n) is 4.44. The zero-order valence-corrected chi connectivity index (χ0v) is 12.0. The van der Waals surface area contributed by atoms with E-state index in [2.05, 4.69) is 10.5 Å². The summed E-state index contributed by atoms with van der Waals surface area (Å²) in [6.45, 7) is 2.04. The molecule has 3 aromatic rings. The lowest BCUT2D eigenvalue weighted by Crippen LogP contribution is -1.92. The Labute approximate surface area is 120 Å². The van der Waals surface area contributed by atoms with Gasteiger partial charge in [-0.3, -0.25) is 0 Å². The molecule has 0 radical (unpaired) electrons. The Balaban J connectivity index is 2.25. The van der Waals surface area contributed by atoms with Gasteiger partial charge in [-0.1, -0.05) is 23.4 Å². The highest BCUT2D eigenvalue weighted by Gasteiger charge is 2.21. The van der Waals surface area contributed by atoms with Crippen LogP contribution in [-0.2, 0) is 0 Å². The Bertz CT molecular complexity index is 746. The number of nitrogens with zero attached hydrogens (tertiary/aromatic N) is 1. The smallest absolute Gasteiger partial charge is 0.178 e. The zero-order valence-electron chi connectivity index (χ0n) is 11.2. The van der Waals surface area contributed by atoms with E-state index in [9.17, 15) is 0 Å². The average molecular weight is 286 g/mol. The van der Waals surface area contributed by atoms with Crippen molar-refractivity contribution in [2.45, 2.75) is 6.92 Å². The van der Waals surface area contributed by atoms with Crippen LogP contribution >= 0.6 is 11.3 Å². The summed E-state index contributed by atoms with van der Waals surface area (Å²) in [6.07, 6.45) is 0. The minimum Gasteiger partial charge on any atom is -0.496 e. The molecular weight excluding hydrogens is 272 g/mol. The highest BCUT2D eigenvalue weighted by molar-refractivity contribution is 7.08. The number of aromatic nitrogens is 1. The van der Waals surface area contributed by atoms with Crippen molar-refractivity contribution in [2.75, 3.05) is 12.8 Å². The minimum atomic E-state index is 0.370. The summed E-state index contributed by atoms with van der Waals surface area (Å²) in [6, 6.07) is 7.70. The second-order valence-corrected chi connectivity index (χ2v) is 5.18. The number of benzene rings is 1. The van der Waals surface area contributed by atoms with Gasteiger partial charge in [0.25, 0.3) is 0 Å². The summed E-state index contributed by atoms with van der Waals surface area (Å²) in [5.41, 5.74) is 9.82. The third kappa shape index (κ3) is 1.96. The van der Waals surface area contributed by atoms with Gasteiger partial charge in [0.15, 0.2) is 11.6 Å². The number of hydrogen-bond acceptors (Lipinski definition) is 5. The summed E-state index contributed by atoms with van der Waals surface area (Å²) >= 11 is 1.62. The second kappa shape index (κ2) is 5.02. The maximum absolute atomic E-state index is 6.00. The molecule has 0 saturated heterocycles. The van der Waals surface area contributed by atoms with Gasteiger partial charge >= 0.3 is 0 Å². The fourth-order valence-corrected chi connectivity index (χ4v) is 3.02. The number of anilines is 1. The highest BCUT2D eigenvalue weighted by atomic mass is 32.1. The van der Waals surface area contributed by atoms with Crippen molar-refractivity contribution >= 4 is 17.2 Å². The van der Waals surface area contributed by atoms with Gasteiger partial charge in [0, 0.05) is 16.5 Å². The number of methoxy groups -OCH3 is 1. The first-order chi connectivity index (χ1) is 9.72. The van der Waals surface area contributed by atoms with Crippen molar-refractivity contribution in [1.82, 2.24) is 5.16 Å². The Morgan fingerprint density at radius 1 is 1.20 bits per heavy atom. The largest absolute Gasteiger partial charge is 0.496 e. The molecule has 0 saturated carbocycles. The number of hydrogen-bond donors (Lipinski definition) is 1. The number of aryl methyl sites for hydroxylation is 1. The topological polar surface area (TPSA) is 61.3 Å². The molecule has 0 spiro atoms. The van der Waals surface area contributed by atoms with Gasteiger partial charge in [-0.2, -0.15) is 11.3 Å². The predicted molar refractivity (Wildman–Crippen MR) is 81.0 cm³/mol. The van der Waals surface area contributed by atoms with Crippen LogP contribution in [0.5, 0.6) is 5.75 Å². The SMILES string of the molecule is COc1ccccc1-c1c(N)noc1-c1cscc1C. The van der Waals surface area contributed by atoms with Crippen LogP contribution in [0.3, 0.4) is 0 Å². The molecule has 5 heteroatoms. The van der Waals surface area contributed by atoms with Crippen LogP contribution < -0.4 is 10.5 Å². The number of nitrogens with two attached hydrogens (primary N) is 1. The summed E-state index contributed by atoms with van der Waals surface area (Å²) in [7, 11) is 1.64. The van der Waals surface area contributed by atoms with Gasteiger partial charge in [-0.25, -0.2) is 0 Å². The van der Waals surface area contributed by atoms with E-state index in [0.29, 0.717) is 11.6 Å².